The van der Waals surface area contributed by atoms with Crippen LogP contribution < -0.4 is 10.2 Å². The summed E-state index contributed by atoms with van der Waals surface area (Å²) in [6.07, 6.45) is 1.89. The van der Waals surface area contributed by atoms with Gasteiger partial charge in [-0.25, -0.2) is 0 Å². The van der Waals surface area contributed by atoms with Crippen molar-refractivity contribution in [1.29, 1.82) is 0 Å². The predicted octanol–water partition coefficient (Wildman–Crippen LogP) is 4.05. The topological polar surface area (TPSA) is 28.2 Å². The number of nitrogens with one attached hydrogen (secondary N) is 1. The Hall–Kier alpha value is -1.87. The second-order valence-corrected chi connectivity index (χ2v) is 5.62. The van der Waals surface area contributed by atoms with Gasteiger partial charge in [-0.2, -0.15) is 0 Å². The molecule has 2 rings (SSSR count). The molecule has 1 aromatic carbocycles. The minimum absolute atomic E-state index is 0.467. The fourth-order valence-corrected chi connectivity index (χ4v) is 2.35. The van der Waals surface area contributed by atoms with Crippen LogP contribution >= 0.6 is 0 Å². The van der Waals surface area contributed by atoms with E-state index < -0.39 is 0 Å². The van der Waals surface area contributed by atoms with Gasteiger partial charge >= 0.3 is 0 Å². The maximum Gasteiger partial charge on any atom is 0.0562 e. The molecule has 0 aliphatic heterocycles. The lowest BCUT2D eigenvalue weighted by Crippen LogP contribution is -2.23. The molecule has 0 bridgehead atoms. The van der Waals surface area contributed by atoms with E-state index in [1.807, 2.05) is 6.20 Å². The molecule has 0 atom stereocenters. The Morgan fingerprint density at radius 3 is 2.57 bits per heavy atom. The van der Waals surface area contributed by atoms with Gasteiger partial charge in [0.15, 0.2) is 0 Å². The van der Waals surface area contributed by atoms with E-state index in [0.717, 1.165) is 18.8 Å². The van der Waals surface area contributed by atoms with Crippen LogP contribution in [0.15, 0.2) is 42.6 Å². The number of pyridine rings is 1. The summed E-state index contributed by atoms with van der Waals surface area (Å²) >= 11 is 0. The molecule has 0 radical (unpaired) electrons. The Balaban J connectivity index is 2.24. The smallest absolute Gasteiger partial charge is 0.0562 e. The molecule has 1 N–H and O–H groups in total. The summed E-state index contributed by atoms with van der Waals surface area (Å²) in [5, 5.41) is 3.41. The third-order valence-electron chi connectivity index (χ3n) is 3.43. The zero-order valence-electron chi connectivity index (χ0n) is 13.4. The van der Waals surface area contributed by atoms with Gasteiger partial charge in [0, 0.05) is 36.7 Å². The van der Waals surface area contributed by atoms with Gasteiger partial charge in [0.1, 0.15) is 0 Å². The minimum atomic E-state index is 0.467. The summed E-state index contributed by atoms with van der Waals surface area (Å²) in [5.74, 6) is 0. The van der Waals surface area contributed by atoms with Crippen molar-refractivity contribution in [2.75, 3.05) is 11.4 Å². The van der Waals surface area contributed by atoms with Gasteiger partial charge in [-0.3, -0.25) is 4.98 Å². The maximum absolute atomic E-state index is 4.45. The number of aryl methyl sites for hydroxylation is 1. The first kappa shape index (κ1) is 15.5. The number of benzene rings is 1. The molecule has 0 spiro atoms. The average Bonchev–Trinajstić information content (AvgIpc) is 2.46. The Kier molecular flexibility index (Phi) is 5.34. The average molecular weight is 283 g/mol. The summed E-state index contributed by atoms with van der Waals surface area (Å²) in [5.41, 5.74) is 4.78. The van der Waals surface area contributed by atoms with Crippen LogP contribution in [0.4, 0.5) is 11.4 Å². The molecule has 112 valence electrons. The standard InChI is InChI=1S/C18H25N3/c1-5-21(17-8-6-7-15(4)11-17)18-9-10-19-16(12-18)13-20-14(2)3/h6-12,14,20H,5,13H2,1-4H3. The molecule has 0 saturated heterocycles. The molecular formula is C18H25N3. The van der Waals surface area contributed by atoms with E-state index in [4.69, 9.17) is 0 Å². The molecule has 0 amide bonds. The lowest BCUT2D eigenvalue weighted by atomic mass is 10.2. The quantitative estimate of drug-likeness (QED) is 0.867. The molecule has 0 aliphatic carbocycles. The summed E-state index contributed by atoms with van der Waals surface area (Å²) in [6.45, 7) is 10.3. The first-order chi connectivity index (χ1) is 10.1. The van der Waals surface area contributed by atoms with E-state index in [1.54, 1.807) is 0 Å². The molecular weight excluding hydrogens is 258 g/mol. The van der Waals surface area contributed by atoms with E-state index in [-0.39, 0.29) is 0 Å². The maximum atomic E-state index is 4.45. The molecule has 0 saturated carbocycles. The van der Waals surface area contributed by atoms with Crippen molar-refractivity contribution in [2.24, 2.45) is 0 Å². The first-order valence-corrected chi connectivity index (χ1v) is 7.62. The molecule has 1 heterocycles. The number of anilines is 2. The predicted molar refractivity (Wildman–Crippen MR) is 90.1 cm³/mol. The van der Waals surface area contributed by atoms with Gasteiger partial charge in [-0.1, -0.05) is 26.0 Å². The van der Waals surface area contributed by atoms with Crippen molar-refractivity contribution >= 4 is 11.4 Å². The highest BCUT2D eigenvalue weighted by molar-refractivity contribution is 5.63. The third-order valence-corrected chi connectivity index (χ3v) is 3.43. The number of rotatable bonds is 6. The van der Waals surface area contributed by atoms with Crippen LogP contribution in [0.3, 0.4) is 0 Å². The van der Waals surface area contributed by atoms with Gasteiger partial charge in [0.2, 0.25) is 0 Å². The fraction of sp³-hybridized carbons (Fsp3) is 0.389. The van der Waals surface area contributed by atoms with Gasteiger partial charge in [0.05, 0.1) is 5.69 Å². The Morgan fingerprint density at radius 2 is 1.90 bits per heavy atom. The van der Waals surface area contributed by atoms with E-state index in [0.29, 0.717) is 6.04 Å². The number of hydrogen-bond donors (Lipinski definition) is 1. The van der Waals surface area contributed by atoms with Crippen LogP contribution in [0.2, 0.25) is 0 Å². The highest BCUT2D eigenvalue weighted by Gasteiger charge is 2.08. The molecule has 0 aliphatic rings. The third kappa shape index (κ3) is 4.30. The summed E-state index contributed by atoms with van der Waals surface area (Å²) in [6, 6.07) is 13.3. The van der Waals surface area contributed by atoms with Crippen LogP contribution in [-0.2, 0) is 6.54 Å². The molecule has 3 heteroatoms. The molecule has 21 heavy (non-hydrogen) atoms. The van der Waals surface area contributed by atoms with Crippen LogP contribution in [0.5, 0.6) is 0 Å². The Bertz CT molecular complexity index is 578. The van der Waals surface area contributed by atoms with Crippen LogP contribution in [0.1, 0.15) is 32.0 Å². The summed E-state index contributed by atoms with van der Waals surface area (Å²) < 4.78 is 0. The first-order valence-electron chi connectivity index (χ1n) is 7.62. The molecule has 3 nitrogen and oxygen atoms in total. The Labute approximate surface area is 128 Å². The van der Waals surface area contributed by atoms with Gasteiger partial charge in [0.25, 0.3) is 0 Å². The van der Waals surface area contributed by atoms with Crippen molar-refractivity contribution in [3.05, 3.63) is 53.9 Å². The van der Waals surface area contributed by atoms with Crippen LogP contribution in [0.25, 0.3) is 0 Å². The van der Waals surface area contributed by atoms with Crippen LogP contribution in [0, 0.1) is 6.92 Å². The highest BCUT2D eigenvalue weighted by Crippen LogP contribution is 2.25. The molecule has 0 unspecified atom stereocenters. The summed E-state index contributed by atoms with van der Waals surface area (Å²) in [7, 11) is 0. The number of nitrogens with zero attached hydrogens (tertiary/aromatic N) is 2. The lowest BCUT2D eigenvalue weighted by molar-refractivity contribution is 0.581. The second-order valence-electron chi connectivity index (χ2n) is 5.62. The van der Waals surface area contributed by atoms with Gasteiger partial charge < -0.3 is 10.2 Å². The van der Waals surface area contributed by atoms with Crippen molar-refractivity contribution in [3.63, 3.8) is 0 Å². The second kappa shape index (κ2) is 7.23. The van der Waals surface area contributed by atoms with Gasteiger partial charge in [-0.15, -0.1) is 0 Å². The zero-order valence-corrected chi connectivity index (χ0v) is 13.4. The van der Waals surface area contributed by atoms with Crippen LogP contribution in [-0.4, -0.2) is 17.6 Å². The SMILES string of the molecule is CCN(c1cccc(C)c1)c1ccnc(CNC(C)C)c1. The number of aromatic nitrogens is 1. The Morgan fingerprint density at radius 1 is 1.14 bits per heavy atom. The monoisotopic (exact) mass is 283 g/mol. The van der Waals surface area contributed by atoms with Crippen molar-refractivity contribution in [1.82, 2.24) is 10.3 Å². The van der Waals surface area contributed by atoms with E-state index >= 15 is 0 Å². The normalized spacial score (nSPS) is 10.9. The summed E-state index contributed by atoms with van der Waals surface area (Å²) in [4.78, 5) is 6.76. The minimum Gasteiger partial charge on any atom is -0.342 e. The molecule has 2 aromatic rings. The van der Waals surface area contributed by atoms with Crippen molar-refractivity contribution < 1.29 is 0 Å². The van der Waals surface area contributed by atoms with E-state index in [1.165, 1.54) is 16.9 Å². The molecule has 1 aromatic heterocycles. The van der Waals surface area contributed by atoms with Gasteiger partial charge in [-0.05, 0) is 43.7 Å². The number of hydrogen-bond acceptors (Lipinski definition) is 3. The zero-order chi connectivity index (χ0) is 15.2. The largest absolute Gasteiger partial charge is 0.342 e. The fourth-order valence-electron chi connectivity index (χ4n) is 2.35. The van der Waals surface area contributed by atoms with E-state index in [9.17, 15) is 0 Å². The molecule has 0 fully saturated rings. The lowest BCUT2D eigenvalue weighted by Gasteiger charge is -2.24. The van der Waals surface area contributed by atoms with E-state index in [2.05, 4.69) is 79.3 Å². The van der Waals surface area contributed by atoms with Crippen molar-refractivity contribution in [2.45, 2.75) is 40.3 Å². The van der Waals surface area contributed by atoms with Crippen molar-refractivity contribution in [3.8, 4) is 0 Å². The highest BCUT2D eigenvalue weighted by atomic mass is 15.1.